The molecule has 3 aromatic carbocycles. The summed E-state index contributed by atoms with van der Waals surface area (Å²) in [5.74, 6) is -0.550. The van der Waals surface area contributed by atoms with Gasteiger partial charge in [-0.15, -0.1) is 0 Å². The number of nitrogens with one attached hydrogen (secondary N) is 2. The zero-order chi connectivity index (χ0) is 25.1. The molecule has 1 aliphatic heterocycles. The van der Waals surface area contributed by atoms with E-state index in [-0.39, 0.29) is 18.0 Å². The lowest BCUT2D eigenvalue weighted by molar-refractivity contribution is -0.143. The van der Waals surface area contributed by atoms with Crippen LogP contribution in [0.25, 0.3) is 10.8 Å². The summed E-state index contributed by atoms with van der Waals surface area (Å²) >= 11 is 5.55. The quantitative estimate of drug-likeness (QED) is 0.350. The molecule has 6 nitrogen and oxygen atoms in total. The molecule has 3 aromatic rings. The van der Waals surface area contributed by atoms with E-state index in [1.807, 2.05) is 99.3 Å². The number of anilines is 1. The van der Waals surface area contributed by atoms with Crippen LogP contribution in [-0.2, 0) is 9.53 Å². The molecular weight excluding hydrogens is 458 g/mol. The highest BCUT2D eigenvalue weighted by atomic mass is 32.1. The molecule has 0 bridgehead atoms. The maximum atomic E-state index is 13.0. The minimum atomic E-state index is -0.445. The number of nitrogens with zero attached hydrogens (tertiary/aromatic N) is 1. The fourth-order valence-corrected chi connectivity index (χ4v) is 4.72. The summed E-state index contributed by atoms with van der Waals surface area (Å²) in [4.78, 5) is 27.9. The molecule has 1 amide bonds. The number of hydrogen-bond donors (Lipinski definition) is 2. The first-order chi connectivity index (χ1) is 16.8. The van der Waals surface area contributed by atoms with E-state index < -0.39 is 6.04 Å². The van der Waals surface area contributed by atoms with Crippen LogP contribution in [0.3, 0.4) is 0 Å². The Balaban J connectivity index is 1.60. The van der Waals surface area contributed by atoms with Crippen LogP contribution in [0.2, 0.25) is 0 Å². The van der Waals surface area contributed by atoms with Gasteiger partial charge in [-0.05, 0) is 74.4 Å². The van der Waals surface area contributed by atoms with Gasteiger partial charge in [0.25, 0.3) is 5.91 Å². The lowest BCUT2D eigenvalue weighted by Crippen LogP contribution is -2.47. The number of carbonyl (C=O) groups excluding carboxylic acids is 2. The number of fused-ring (bicyclic) bond motifs is 1. The first kappa shape index (κ1) is 24.4. The van der Waals surface area contributed by atoms with Gasteiger partial charge >= 0.3 is 5.97 Å². The minimum absolute atomic E-state index is 0.179. The Kier molecular flexibility index (Phi) is 7.17. The zero-order valence-electron chi connectivity index (χ0n) is 20.3. The number of hydrogen-bond acceptors (Lipinski definition) is 4. The Bertz CT molecular complexity index is 1310. The van der Waals surface area contributed by atoms with Crippen LogP contribution in [0.15, 0.2) is 78.0 Å². The number of carbonyl (C=O) groups is 2. The fraction of sp³-hybridized carbons (Fsp3) is 0.250. The Morgan fingerprint density at radius 3 is 2.43 bits per heavy atom. The highest BCUT2D eigenvalue weighted by molar-refractivity contribution is 7.80. The monoisotopic (exact) mass is 487 g/mol. The largest absolute Gasteiger partial charge is 0.459 e. The van der Waals surface area contributed by atoms with E-state index in [4.69, 9.17) is 17.0 Å². The van der Waals surface area contributed by atoms with Crippen LogP contribution in [0.1, 0.15) is 49.7 Å². The van der Waals surface area contributed by atoms with Crippen molar-refractivity contribution >= 4 is 45.7 Å². The number of benzene rings is 3. The third-order valence-electron chi connectivity index (χ3n) is 6.01. The third-order valence-corrected chi connectivity index (χ3v) is 6.35. The Morgan fingerprint density at radius 2 is 1.74 bits per heavy atom. The van der Waals surface area contributed by atoms with Gasteiger partial charge in [-0.1, -0.05) is 48.5 Å². The van der Waals surface area contributed by atoms with Crippen molar-refractivity contribution in [1.82, 2.24) is 10.2 Å². The second-order valence-electron chi connectivity index (χ2n) is 8.68. The molecule has 0 radical (unpaired) electrons. The van der Waals surface area contributed by atoms with E-state index in [2.05, 4.69) is 10.6 Å². The number of thiocarbonyl (C=S) groups is 1. The normalized spacial score (nSPS) is 15.9. The molecule has 7 heteroatoms. The van der Waals surface area contributed by atoms with Crippen LogP contribution >= 0.6 is 12.2 Å². The second-order valence-corrected chi connectivity index (χ2v) is 9.07. The molecule has 4 rings (SSSR count). The van der Waals surface area contributed by atoms with E-state index >= 15 is 0 Å². The predicted molar refractivity (Wildman–Crippen MR) is 143 cm³/mol. The fourth-order valence-electron chi connectivity index (χ4n) is 4.33. The number of allylic oxidation sites excluding steroid dienone is 1. The molecule has 1 atom stereocenters. The molecule has 180 valence electrons. The number of esters is 1. The van der Waals surface area contributed by atoms with Gasteiger partial charge in [0.2, 0.25) is 0 Å². The van der Waals surface area contributed by atoms with E-state index in [9.17, 15) is 9.59 Å². The summed E-state index contributed by atoms with van der Waals surface area (Å²) in [6, 6.07) is 20.5. The summed E-state index contributed by atoms with van der Waals surface area (Å²) in [7, 11) is 0. The van der Waals surface area contributed by atoms with Gasteiger partial charge in [0, 0.05) is 23.5 Å². The molecule has 1 aliphatic rings. The van der Waals surface area contributed by atoms with Gasteiger partial charge in [0.15, 0.2) is 5.11 Å². The van der Waals surface area contributed by atoms with E-state index in [1.165, 1.54) is 0 Å². The number of rotatable bonds is 6. The first-order valence-electron chi connectivity index (χ1n) is 11.7. The van der Waals surface area contributed by atoms with Crippen molar-refractivity contribution in [2.45, 2.75) is 39.8 Å². The van der Waals surface area contributed by atoms with Gasteiger partial charge in [-0.3, -0.25) is 4.79 Å². The van der Waals surface area contributed by atoms with Crippen molar-refractivity contribution < 1.29 is 14.3 Å². The average Bonchev–Trinajstić information content (AvgIpc) is 2.83. The van der Waals surface area contributed by atoms with Gasteiger partial charge in [0.05, 0.1) is 17.7 Å². The molecule has 2 N–H and O–H groups in total. The number of ether oxygens (including phenoxy) is 1. The topological polar surface area (TPSA) is 70.7 Å². The van der Waals surface area contributed by atoms with E-state index in [0.717, 1.165) is 22.0 Å². The summed E-state index contributed by atoms with van der Waals surface area (Å²) < 4.78 is 5.54. The maximum Gasteiger partial charge on any atom is 0.338 e. The lowest BCUT2D eigenvalue weighted by Gasteiger charge is -2.37. The molecule has 0 fully saturated rings. The smallest absolute Gasteiger partial charge is 0.338 e. The maximum absolute atomic E-state index is 13.0. The zero-order valence-corrected chi connectivity index (χ0v) is 21.1. The standard InChI is InChI=1S/C28H29N3O3S/c1-5-31-18(4)24(27(33)34-17(2)3)25(30-28(31)35)20-13-15-21(16-14-20)29-26(32)23-12-8-10-19-9-6-7-11-22(19)23/h6-17,25H,5H2,1-4H3,(H,29,32)(H,30,35)/t25-/m1/s1. The molecule has 35 heavy (non-hydrogen) atoms. The van der Waals surface area contributed by atoms with Crippen LogP contribution in [0.5, 0.6) is 0 Å². The van der Waals surface area contributed by atoms with Gasteiger partial charge < -0.3 is 20.3 Å². The Morgan fingerprint density at radius 1 is 1.06 bits per heavy atom. The van der Waals surface area contributed by atoms with E-state index in [1.54, 1.807) is 0 Å². The first-order valence-corrected chi connectivity index (χ1v) is 12.1. The summed E-state index contributed by atoms with van der Waals surface area (Å²) in [5, 5.41) is 8.74. The molecule has 0 aromatic heterocycles. The molecular formula is C28H29N3O3S. The molecule has 0 unspecified atom stereocenters. The molecule has 0 spiro atoms. The third kappa shape index (κ3) is 5.05. The van der Waals surface area contributed by atoms with Crippen LogP contribution in [0, 0.1) is 0 Å². The molecule has 0 saturated carbocycles. The van der Waals surface area contributed by atoms with Crippen molar-refractivity contribution in [3.05, 3.63) is 89.1 Å². The number of amides is 1. The summed E-state index contributed by atoms with van der Waals surface area (Å²) in [6.07, 6.45) is -0.237. The molecule has 0 saturated heterocycles. The highest BCUT2D eigenvalue weighted by Gasteiger charge is 2.34. The van der Waals surface area contributed by atoms with Crippen molar-refractivity contribution in [2.24, 2.45) is 0 Å². The highest BCUT2D eigenvalue weighted by Crippen LogP contribution is 2.32. The van der Waals surface area contributed by atoms with Crippen molar-refractivity contribution in [3.8, 4) is 0 Å². The van der Waals surface area contributed by atoms with Crippen molar-refractivity contribution in [1.29, 1.82) is 0 Å². The van der Waals surface area contributed by atoms with Crippen molar-refractivity contribution in [2.75, 3.05) is 11.9 Å². The van der Waals surface area contributed by atoms with Gasteiger partial charge in [-0.25, -0.2) is 4.79 Å². The average molecular weight is 488 g/mol. The van der Waals surface area contributed by atoms with Crippen molar-refractivity contribution in [3.63, 3.8) is 0 Å². The Labute approximate surface area is 211 Å². The molecule has 1 heterocycles. The molecule has 0 aliphatic carbocycles. The van der Waals surface area contributed by atoms with Gasteiger partial charge in [-0.2, -0.15) is 0 Å². The van der Waals surface area contributed by atoms with Crippen LogP contribution < -0.4 is 10.6 Å². The SMILES string of the molecule is CCN1C(=S)N[C@H](c2ccc(NC(=O)c3cccc4ccccc34)cc2)C(C(=O)OC(C)C)=C1C. The summed E-state index contributed by atoms with van der Waals surface area (Å²) in [6.45, 7) is 8.17. The second kappa shape index (κ2) is 10.3. The Hall–Kier alpha value is -3.71. The summed E-state index contributed by atoms with van der Waals surface area (Å²) in [5.41, 5.74) is 3.43. The predicted octanol–water partition coefficient (Wildman–Crippen LogP) is 5.57. The van der Waals surface area contributed by atoms with Crippen LogP contribution in [0.4, 0.5) is 5.69 Å². The van der Waals surface area contributed by atoms with E-state index in [0.29, 0.717) is 28.5 Å². The van der Waals surface area contributed by atoms with Gasteiger partial charge in [0.1, 0.15) is 0 Å². The van der Waals surface area contributed by atoms with Crippen LogP contribution in [-0.4, -0.2) is 34.5 Å². The lowest BCUT2D eigenvalue weighted by atomic mass is 9.94. The minimum Gasteiger partial charge on any atom is -0.459 e.